The van der Waals surface area contributed by atoms with Crippen molar-refractivity contribution in [1.29, 1.82) is 0 Å². The first kappa shape index (κ1) is 20.8. The molecular weight excluding hydrogens is 428 g/mol. The molecule has 1 fully saturated rings. The van der Waals surface area contributed by atoms with Crippen LogP contribution in [0.3, 0.4) is 0 Å². The molecule has 2 aromatic heterocycles. The number of rotatable bonds is 4. The smallest absolute Gasteiger partial charge is 0.276 e. The van der Waals surface area contributed by atoms with E-state index in [0.29, 0.717) is 23.7 Å². The number of sulfonamides is 1. The first-order valence-corrected chi connectivity index (χ1v) is 12.2. The summed E-state index contributed by atoms with van der Waals surface area (Å²) in [6, 6.07) is 10.7. The van der Waals surface area contributed by atoms with Gasteiger partial charge in [-0.15, -0.1) is 0 Å². The molecule has 1 aromatic carbocycles. The van der Waals surface area contributed by atoms with E-state index in [1.54, 1.807) is 35.5 Å². The summed E-state index contributed by atoms with van der Waals surface area (Å²) in [5.74, 6) is 0.199. The second-order valence-corrected chi connectivity index (χ2v) is 10.1. The SMILES string of the molecule is O=C(c1cc(-c2cccnc2)on1)N1CCN(S(=O)(=O)c2ccc3c(c2)CCCC3)CC1. The molecule has 0 radical (unpaired) electrons. The molecule has 0 unspecified atom stereocenters. The Morgan fingerprint density at radius 1 is 0.969 bits per heavy atom. The van der Waals surface area contributed by atoms with E-state index in [1.165, 1.54) is 9.87 Å². The van der Waals surface area contributed by atoms with E-state index < -0.39 is 10.0 Å². The Bertz CT molecular complexity index is 1230. The van der Waals surface area contributed by atoms with Gasteiger partial charge in [0.1, 0.15) is 0 Å². The standard InChI is InChI=1S/C23H24N4O4S/c28-23(21-15-22(31-25-21)19-6-3-9-24-16-19)26-10-12-27(13-11-26)32(29,30)20-8-7-17-4-1-2-5-18(17)14-20/h3,6-9,14-16H,1-2,4-5,10-13H2. The predicted molar refractivity (Wildman–Crippen MR) is 117 cm³/mol. The van der Waals surface area contributed by atoms with Crippen molar-refractivity contribution in [1.82, 2.24) is 19.3 Å². The minimum Gasteiger partial charge on any atom is -0.355 e. The minimum absolute atomic E-state index is 0.204. The van der Waals surface area contributed by atoms with Gasteiger partial charge >= 0.3 is 0 Å². The fourth-order valence-electron chi connectivity index (χ4n) is 4.33. The Morgan fingerprint density at radius 3 is 2.50 bits per heavy atom. The summed E-state index contributed by atoms with van der Waals surface area (Å²) < 4.78 is 33.1. The molecule has 1 aliphatic carbocycles. The molecule has 0 atom stereocenters. The van der Waals surface area contributed by atoms with Crippen LogP contribution in [0.25, 0.3) is 11.3 Å². The molecule has 3 heterocycles. The number of fused-ring (bicyclic) bond motifs is 1. The van der Waals surface area contributed by atoms with Crippen molar-refractivity contribution >= 4 is 15.9 Å². The molecule has 9 heteroatoms. The summed E-state index contributed by atoms with van der Waals surface area (Å²) in [7, 11) is -3.59. The highest BCUT2D eigenvalue weighted by atomic mass is 32.2. The quantitative estimate of drug-likeness (QED) is 0.604. The van der Waals surface area contributed by atoms with Crippen LogP contribution in [0.2, 0.25) is 0 Å². The van der Waals surface area contributed by atoms with E-state index in [4.69, 9.17) is 4.52 Å². The van der Waals surface area contributed by atoms with E-state index in [1.807, 2.05) is 18.2 Å². The van der Waals surface area contributed by atoms with Gasteiger partial charge in [-0.25, -0.2) is 8.42 Å². The van der Waals surface area contributed by atoms with Crippen LogP contribution in [0.4, 0.5) is 0 Å². The lowest BCUT2D eigenvalue weighted by Crippen LogP contribution is -2.50. The predicted octanol–water partition coefficient (Wildman–Crippen LogP) is 2.76. The van der Waals surface area contributed by atoms with Crippen molar-refractivity contribution in [3.8, 4) is 11.3 Å². The molecule has 2 aliphatic rings. The van der Waals surface area contributed by atoms with Gasteiger partial charge in [-0.3, -0.25) is 9.78 Å². The number of aryl methyl sites for hydroxylation is 2. The lowest BCUT2D eigenvalue weighted by Gasteiger charge is -2.33. The third kappa shape index (κ3) is 3.93. The van der Waals surface area contributed by atoms with Crippen molar-refractivity contribution in [2.24, 2.45) is 0 Å². The number of piperazine rings is 1. The number of carbonyl (C=O) groups excluding carboxylic acids is 1. The van der Waals surface area contributed by atoms with Crippen LogP contribution in [0.15, 0.2) is 58.2 Å². The zero-order valence-electron chi connectivity index (χ0n) is 17.6. The molecular formula is C23H24N4O4S. The Labute approximate surface area is 186 Å². The van der Waals surface area contributed by atoms with Crippen LogP contribution in [-0.4, -0.2) is 59.8 Å². The van der Waals surface area contributed by atoms with Gasteiger partial charge in [-0.05, 0) is 61.1 Å². The van der Waals surface area contributed by atoms with E-state index in [0.717, 1.165) is 36.8 Å². The van der Waals surface area contributed by atoms with Crippen LogP contribution in [0.1, 0.15) is 34.5 Å². The summed E-state index contributed by atoms with van der Waals surface area (Å²) >= 11 is 0. The van der Waals surface area contributed by atoms with Gasteiger partial charge in [0.2, 0.25) is 10.0 Å². The average Bonchev–Trinajstić information content (AvgIpc) is 3.34. The number of nitrogens with zero attached hydrogens (tertiary/aromatic N) is 4. The molecule has 166 valence electrons. The van der Waals surface area contributed by atoms with E-state index in [-0.39, 0.29) is 24.7 Å². The Morgan fingerprint density at radius 2 is 1.75 bits per heavy atom. The third-order valence-electron chi connectivity index (χ3n) is 6.16. The Balaban J connectivity index is 1.26. The van der Waals surface area contributed by atoms with E-state index in [2.05, 4.69) is 10.1 Å². The maximum absolute atomic E-state index is 13.2. The highest BCUT2D eigenvalue weighted by molar-refractivity contribution is 7.89. The van der Waals surface area contributed by atoms with Crippen molar-refractivity contribution < 1.29 is 17.7 Å². The summed E-state index contributed by atoms with van der Waals surface area (Å²) in [6.45, 7) is 1.10. The van der Waals surface area contributed by atoms with Crippen LogP contribution in [0, 0.1) is 0 Å². The van der Waals surface area contributed by atoms with Gasteiger partial charge in [0.25, 0.3) is 5.91 Å². The molecule has 3 aromatic rings. The van der Waals surface area contributed by atoms with Gasteiger partial charge in [-0.1, -0.05) is 11.2 Å². The number of pyridine rings is 1. The molecule has 1 aliphatic heterocycles. The second-order valence-electron chi connectivity index (χ2n) is 8.15. The zero-order chi connectivity index (χ0) is 22.1. The van der Waals surface area contributed by atoms with Crippen molar-refractivity contribution in [2.45, 2.75) is 30.6 Å². The van der Waals surface area contributed by atoms with Crippen molar-refractivity contribution in [3.63, 3.8) is 0 Å². The largest absolute Gasteiger partial charge is 0.355 e. The molecule has 0 N–H and O–H groups in total. The molecule has 0 bridgehead atoms. The highest BCUT2D eigenvalue weighted by Crippen LogP contribution is 2.26. The lowest BCUT2D eigenvalue weighted by molar-refractivity contribution is 0.0687. The summed E-state index contributed by atoms with van der Waals surface area (Å²) in [4.78, 5) is 18.8. The Hall–Kier alpha value is -3.04. The first-order chi connectivity index (χ1) is 15.5. The van der Waals surface area contributed by atoms with E-state index >= 15 is 0 Å². The van der Waals surface area contributed by atoms with Gasteiger partial charge in [0.15, 0.2) is 11.5 Å². The summed E-state index contributed by atoms with van der Waals surface area (Å²) in [5, 5.41) is 3.90. The van der Waals surface area contributed by atoms with Crippen LogP contribution in [-0.2, 0) is 22.9 Å². The van der Waals surface area contributed by atoms with Crippen molar-refractivity contribution in [3.05, 3.63) is 65.6 Å². The van der Waals surface area contributed by atoms with Gasteiger partial charge in [0.05, 0.1) is 4.90 Å². The first-order valence-electron chi connectivity index (χ1n) is 10.8. The average molecular weight is 453 g/mol. The summed E-state index contributed by atoms with van der Waals surface area (Å²) in [5.41, 5.74) is 3.33. The number of carbonyl (C=O) groups is 1. The fourth-order valence-corrected chi connectivity index (χ4v) is 5.81. The minimum atomic E-state index is -3.59. The third-order valence-corrected chi connectivity index (χ3v) is 8.05. The molecule has 32 heavy (non-hydrogen) atoms. The fraction of sp³-hybridized carbons (Fsp3) is 0.348. The number of hydrogen-bond acceptors (Lipinski definition) is 6. The number of amides is 1. The van der Waals surface area contributed by atoms with E-state index in [9.17, 15) is 13.2 Å². The highest BCUT2D eigenvalue weighted by Gasteiger charge is 2.32. The number of benzene rings is 1. The molecule has 8 nitrogen and oxygen atoms in total. The Kier molecular flexibility index (Phi) is 5.52. The van der Waals surface area contributed by atoms with Crippen LogP contribution in [0.5, 0.6) is 0 Å². The monoisotopic (exact) mass is 452 g/mol. The molecule has 5 rings (SSSR count). The molecule has 1 saturated heterocycles. The topological polar surface area (TPSA) is 96.6 Å². The zero-order valence-corrected chi connectivity index (χ0v) is 18.4. The van der Waals surface area contributed by atoms with Crippen LogP contribution < -0.4 is 0 Å². The molecule has 1 amide bonds. The number of hydrogen-bond donors (Lipinski definition) is 0. The van der Waals surface area contributed by atoms with Crippen molar-refractivity contribution in [2.75, 3.05) is 26.2 Å². The summed E-state index contributed by atoms with van der Waals surface area (Å²) in [6.07, 6.45) is 7.50. The normalized spacial score (nSPS) is 17.2. The number of aromatic nitrogens is 2. The van der Waals surface area contributed by atoms with Crippen LogP contribution >= 0.6 is 0 Å². The maximum atomic E-state index is 13.2. The second kappa shape index (κ2) is 8.48. The maximum Gasteiger partial charge on any atom is 0.276 e. The van der Waals surface area contributed by atoms with Gasteiger partial charge < -0.3 is 9.42 Å². The lowest BCUT2D eigenvalue weighted by atomic mass is 9.92. The molecule has 0 saturated carbocycles. The molecule has 0 spiro atoms. The van der Waals surface area contributed by atoms with Gasteiger partial charge in [0, 0.05) is 50.2 Å². The van der Waals surface area contributed by atoms with Gasteiger partial charge in [-0.2, -0.15) is 4.31 Å².